The molecule has 1 fully saturated rings. The maximum absolute atomic E-state index is 5.76. The minimum absolute atomic E-state index is 0.635. The lowest BCUT2D eigenvalue weighted by Gasteiger charge is -2.31. The number of hydrogen-bond acceptors (Lipinski definition) is 2. The Morgan fingerprint density at radius 2 is 2.00 bits per heavy atom. The van der Waals surface area contributed by atoms with Crippen molar-refractivity contribution in [3.05, 3.63) is 23.8 Å². The molecule has 16 heavy (non-hydrogen) atoms. The summed E-state index contributed by atoms with van der Waals surface area (Å²) >= 11 is 0. The molecule has 0 aromatic heterocycles. The molecule has 1 aromatic rings. The van der Waals surface area contributed by atoms with Gasteiger partial charge in [0, 0.05) is 17.4 Å². The first kappa shape index (κ1) is 11.3. The van der Waals surface area contributed by atoms with Gasteiger partial charge in [-0.25, -0.2) is 0 Å². The van der Waals surface area contributed by atoms with Crippen LogP contribution in [-0.4, -0.2) is 6.04 Å². The Kier molecular flexibility index (Phi) is 3.37. The third-order valence-corrected chi connectivity index (χ3v) is 3.70. The Hall–Kier alpha value is -1.18. The second kappa shape index (κ2) is 4.77. The van der Waals surface area contributed by atoms with Crippen LogP contribution in [-0.2, 0) is 0 Å². The summed E-state index contributed by atoms with van der Waals surface area (Å²) in [6, 6.07) is 6.75. The van der Waals surface area contributed by atoms with Gasteiger partial charge in [-0.2, -0.15) is 0 Å². The first-order valence-electron chi connectivity index (χ1n) is 6.29. The fourth-order valence-electron chi connectivity index (χ4n) is 2.58. The largest absolute Gasteiger partial charge is 0.399 e. The molecule has 1 aliphatic rings. The van der Waals surface area contributed by atoms with Crippen molar-refractivity contribution < 1.29 is 0 Å². The van der Waals surface area contributed by atoms with Crippen molar-refractivity contribution in [2.45, 2.75) is 45.6 Å². The molecule has 2 heteroatoms. The third-order valence-electron chi connectivity index (χ3n) is 3.70. The normalized spacial score (nSPS) is 25.4. The Bertz CT molecular complexity index is 360. The summed E-state index contributed by atoms with van der Waals surface area (Å²) in [7, 11) is 0. The summed E-state index contributed by atoms with van der Waals surface area (Å²) in [5.74, 6) is 0.783. The van der Waals surface area contributed by atoms with Crippen molar-refractivity contribution in [2.24, 2.45) is 5.92 Å². The van der Waals surface area contributed by atoms with E-state index in [9.17, 15) is 0 Å². The average molecular weight is 218 g/mol. The summed E-state index contributed by atoms with van der Waals surface area (Å²) in [5, 5.41) is 3.67. The van der Waals surface area contributed by atoms with Crippen LogP contribution in [0.25, 0.3) is 0 Å². The molecule has 0 bridgehead atoms. The molecule has 88 valence electrons. The van der Waals surface area contributed by atoms with Crippen molar-refractivity contribution in [1.29, 1.82) is 0 Å². The second-order valence-corrected chi connectivity index (χ2v) is 5.09. The molecule has 3 N–H and O–H groups in total. The van der Waals surface area contributed by atoms with E-state index < -0.39 is 0 Å². The molecule has 0 heterocycles. The summed E-state index contributed by atoms with van der Waals surface area (Å²) in [6.07, 6.45) is 5.40. The van der Waals surface area contributed by atoms with E-state index in [-0.39, 0.29) is 0 Å². The summed E-state index contributed by atoms with van der Waals surface area (Å²) in [4.78, 5) is 0. The molecule has 2 rings (SSSR count). The second-order valence-electron chi connectivity index (χ2n) is 5.09. The van der Waals surface area contributed by atoms with Crippen LogP contribution in [0.15, 0.2) is 18.2 Å². The van der Waals surface area contributed by atoms with E-state index in [0.717, 1.165) is 11.6 Å². The number of nitrogen functional groups attached to an aromatic ring is 1. The highest BCUT2D eigenvalue weighted by atomic mass is 14.9. The first-order chi connectivity index (χ1) is 7.66. The molecular formula is C14H22N2. The average Bonchev–Trinajstić information content (AvgIpc) is 2.25. The van der Waals surface area contributed by atoms with Crippen molar-refractivity contribution in [3.63, 3.8) is 0 Å². The number of nitrogens with one attached hydrogen (secondary N) is 1. The van der Waals surface area contributed by atoms with Gasteiger partial charge in [0.2, 0.25) is 0 Å². The highest BCUT2D eigenvalue weighted by molar-refractivity contribution is 5.57. The van der Waals surface area contributed by atoms with E-state index in [1.165, 1.54) is 36.9 Å². The fourth-order valence-corrected chi connectivity index (χ4v) is 2.58. The van der Waals surface area contributed by atoms with Crippen LogP contribution in [0.1, 0.15) is 38.2 Å². The molecule has 1 aromatic carbocycles. The third kappa shape index (κ3) is 2.49. The maximum atomic E-state index is 5.76. The predicted octanol–water partition coefficient (Wildman–Crippen LogP) is 3.57. The van der Waals surface area contributed by atoms with Gasteiger partial charge in [0.25, 0.3) is 0 Å². The van der Waals surface area contributed by atoms with E-state index in [1.807, 2.05) is 12.1 Å². The Labute approximate surface area is 98.2 Å². The molecule has 0 saturated heterocycles. The zero-order chi connectivity index (χ0) is 11.5. The lowest BCUT2D eigenvalue weighted by Crippen LogP contribution is -2.30. The topological polar surface area (TPSA) is 38.0 Å². The molecule has 1 saturated carbocycles. The van der Waals surface area contributed by atoms with Crippen LogP contribution in [0, 0.1) is 12.8 Å². The van der Waals surface area contributed by atoms with E-state index in [4.69, 9.17) is 5.73 Å². The standard InChI is InChI=1S/C14H22N2/c1-10-5-3-4-6-13(10)16-14-8-7-12(15)9-11(14)2/h7-10,13,16H,3-6,15H2,1-2H3/t10-,13+/m1/s1. The summed E-state index contributed by atoms with van der Waals surface area (Å²) in [6.45, 7) is 4.47. The number of hydrogen-bond donors (Lipinski definition) is 2. The molecule has 0 amide bonds. The molecule has 0 radical (unpaired) electrons. The minimum Gasteiger partial charge on any atom is -0.399 e. The van der Waals surface area contributed by atoms with Crippen molar-refractivity contribution in [3.8, 4) is 0 Å². The van der Waals surface area contributed by atoms with E-state index in [1.54, 1.807) is 0 Å². The molecule has 2 nitrogen and oxygen atoms in total. The molecule has 0 spiro atoms. The maximum Gasteiger partial charge on any atom is 0.0373 e. The number of anilines is 2. The number of nitrogens with two attached hydrogens (primary N) is 1. The van der Waals surface area contributed by atoms with Gasteiger partial charge in [0.1, 0.15) is 0 Å². The summed E-state index contributed by atoms with van der Waals surface area (Å²) in [5.41, 5.74) is 9.10. The van der Waals surface area contributed by atoms with Crippen LogP contribution < -0.4 is 11.1 Å². The van der Waals surface area contributed by atoms with E-state index in [2.05, 4.69) is 25.2 Å². The smallest absolute Gasteiger partial charge is 0.0373 e. The summed E-state index contributed by atoms with van der Waals surface area (Å²) < 4.78 is 0. The van der Waals surface area contributed by atoms with Crippen LogP contribution in [0.5, 0.6) is 0 Å². The number of rotatable bonds is 2. The molecule has 2 atom stereocenters. The van der Waals surface area contributed by atoms with Gasteiger partial charge < -0.3 is 11.1 Å². The van der Waals surface area contributed by atoms with Gasteiger partial charge >= 0.3 is 0 Å². The fraction of sp³-hybridized carbons (Fsp3) is 0.571. The molecule has 0 unspecified atom stereocenters. The Balaban J connectivity index is 2.07. The molecular weight excluding hydrogens is 196 g/mol. The van der Waals surface area contributed by atoms with Crippen LogP contribution in [0.2, 0.25) is 0 Å². The van der Waals surface area contributed by atoms with E-state index in [0.29, 0.717) is 6.04 Å². The van der Waals surface area contributed by atoms with Crippen LogP contribution in [0.3, 0.4) is 0 Å². The van der Waals surface area contributed by atoms with Crippen molar-refractivity contribution in [2.75, 3.05) is 11.1 Å². The van der Waals surface area contributed by atoms with Gasteiger partial charge in [0.15, 0.2) is 0 Å². The van der Waals surface area contributed by atoms with Gasteiger partial charge in [-0.05, 0) is 49.4 Å². The Morgan fingerprint density at radius 3 is 2.69 bits per heavy atom. The molecule has 0 aliphatic heterocycles. The highest BCUT2D eigenvalue weighted by Crippen LogP contribution is 2.28. The lowest BCUT2D eigenvalue weighted by molar-refractivity contribution is 0.349. The zero-order valence-corrected chi connectivity index (χ0v) is 10.3. The van der Waals surface area contributed by atoms with Gasteiger partial charge in [-0.15, -0.1) is 0 Å². The first-order valence-corrected chi connectivity index (χ1v) is 6.29. The van der Waals surface area contributed by atoms with Crippen LogP contribution in [0.4, 0.5) is 11.4 Å². The van der Waals surface area contributed by atoms with Gasteiger partial charge in [-0.3, -0.25) is 0 Å². The van der Waals surface area contributed by atoms with Crippen LogP contribution >= 0.6 is 0 Å². The predicted molar refractivity (Wildman–Crippen MR) is 70.6 cm³/mol. The van der Waals surface area contributed by atoms with E-state index >= 15 is 0 Å². The molecule has 1 aliphatic carbocycles. The van der Waals surface area contributed by atoms with Crippen molar-refractivity contribution >= 4 is 11.4 Å². The Morgan fingerprint density at radius 1 is 1.25 bits per heavy atom. The minimum atomic E-state index is 0.635. The zero-order valence-electron chi connectivity index (χ0n) is 10.3. The van der Waals surface area contributed by atoms with Gasteiger partial charge in [-0.1, -0.05) is 19.8 Å². The monoisotopic (exact) mass is 218 g/mol. The number of benzene rings is 1. The lowest BCUT2D eigenvalue weighted by atomic mass is 9.85. The van der Waals surface area contributed by atoms with Crippen molar-refractivity contribution in [1.82, 2.24) is 0 Å². The number of aryl methyl sites for hydroxylation is 1. The quantitative estimate of drug-likeness (QED) is 0.745. The van der Waals surface area contributed by atoms with Gasteiger partial charge in [0.05, 0.1) is 0 Å². The highest BCUT2D eigenvalue weighted by Gasteiger charge is 2.21. The SMILES string of the molecule is Cc1cc(N)ccc1N[C@H]1CCCC[C@H]1C.